The highest BCUT2D eigenvalue weighted by molar-refractivity contribution is 5.81. The molecule has 0 aliphatic carbocycles. The Bertz CT molecular complexity index is 865. The number of benzene rings is 2. The zero-order chi connectivity index (χ0) is 23.4. The van der Waals surface area contributed by atoms with Crippen molar-refractivity contribution in [3.63, 3.8) is 0 Å². The van der Waals surface area contributed by atoms with E-state index in [2.05, 4.69) is 10.6 Å². The van der Waals surface area contributed by atoms with Gasteiger partial charge in [-0.25, -0.2) is 14.4 Å². The molecule has 2 amide bonds. The second-order valence-electron chi connectivity index (χ2n) is 8.07. The Morgan fingerprint density at radius 1 is 0.812 bits per heavy atom. The van der Waals surface area contributed by atoms with Gasteiger partial charge in [0.05, 0.1) is 0 Å². The summed E-state index contributed by atoms with van der Waals surface area (Å²) in [6.45, 7) is 5.49. The Balaban J connectivity index is 1.83. The van der Waals surface area contributed by atoms with Gasteiger partial charge in [0.15, 0.2) is 0 Å². The highest BCUT2D eigenvalue weighted by atomic mass is 16.6. The minimum absolute atomic E-state index is 0.0672. The van der Waals surface area contributed by atoms with Crippen molar-refractivity contribution >= 4 is 18.2 Å². The molecule has 0 bridgehead atoms. The molecule has 32 heavy (non-hydrogen) atoms. The van der Waals surface area contributed by atoms with E-state index >= 15 is 0 Å². The fourth-order valence-electron chi connectivity index (χ4n) is 2.62. The number of rotatable bonds is 9. The minimum Gasteiger partial charge on any atom is -0.458 e. The van der Waals surface area contributed by atoms with Crippen LogP contribution in [0.15, 0.2) is 60.7 Å². The predicted octanol–water partition coefficient (Wildman–Crippen LogP) is 3.94. The van der Waals surface area contributed by atoms with E-state index in [0.717, 1.165) is 11.1 Å². The molecule has 0 fully saturated rings. The first-order chi connectivity index (χ1) is 15.2. The maximum absolute atomic E-state index is 12.5. The molecule has 2 rings (SSSR count). The number of esters is 1. The minimum atomic E-state index is -0.994. The largest absolute Gasteiger partial charge is 0.458 e. The van der Waals surface area contributed by atoms with Gasteiger partial charge in [0.1, 0.15) is 24.9 Å². The van der Waals surface area contributed by atoms with E-state index in [0.29, 0.717) is 0 Å². The maximum atomic E-state index is 12.5. The van der Waals surface area contributed by atoms with Crippen molar-refractivity contribution in [3.05, 3.63) is 71.8 Å². The molecule has 8 heteroatoms. The van der Waals surface area contributed by atoms with E-state index in [1.807, 2.05) is 60.7 Å². The third-order valence-corrected chi connectivity index (χ3v) is 4.11. The SMILES string of the molecule is CC(C)(C)OC(=O)C(CCNC(=O)OCc1ccccc1)NC(=O)OCc1ccccc1. The number of carbonyl (C=O) groups excluding carboxylic acids is 3. The van der Waals surface area contributed by atoms with Gasteiger partial charge in [0.25, 0.3) is 0 Å². The van der Waals surface area contributed by atoms with E-state index in [-0.39, 0.29) is 26.2 Å². The first-order valence-electron chi connectivity index (χ1n) is 10.4. The Kier molecular flexibility index (Phi) is 9.53. The lowest BCUT2D eigenvalue weighted by atomic mass is 10.1. The van der Waals surface area contributed by atoms with Crippen LogP contribution in [0.4, 0.5) is 9.59 Å². The summed E-state index contributed by atoms with van der Waals surface area (Å²) in [6.07, 6.45) is -1.27. The molecule has 1 atom stereocenters. The van der Waals surface area contributed by atoms with Crippen LogP contribution in [0.1, 0.15) is 38.3 Å². The van der Waals surface area contributed by atoms with Crippen LogP contribution in [0.25, 0.3) is 0 Å². The van der Waals surface area contributed by atoms with Crippen molar-refractivity contribution in [1.82, 2.24) is 10.6 Å². The average Bonchev–Trinajstić information content (AvgIpc) is 2.76. The van der Waals surface area contributed by atoms with Crippen LogP contribution in [0.3, 0.4) is 0 Å². The molecule has 0 aliphatic rings. The molecule has 0 saturated heterocycles. The molecule has 0 saturated carbocycles. The van der Waals surface area contributed by atoms with Crippen LogP contribution < -0.4 is 10.6 Å². The van der Waals surface area contributed by atoms with Crippen LogP contribution in [-0.2, 0) is 32.2 Å². The van der Waals surface area contributed by atoms with Gasteiger partial charge in [-0.15, -0.1) is 0 Å². The highest BCUT2D eigenvalue weighted by Crippen LogP contribution is 2.10. The highest BCUT2D eigenvalue weighted by Gasteiger charge is 2.27. The van der Waals surface area contributed by atoms with E-state index < -0.39 is 29.8 Å². The Hall–Kier alpha value is -3.55. The number of amides is 2. The molecule has 0 heterocycles. The third kappa shape index (κ3) is 9.97. The van der Waals surface area contributed by atoms with E-state index in [9.17, 15) is 14.4 Å². The van der Waals surface area contributed by atoms with Crippen LogP contribution >= 0.6 is 0 Å². The fraction of sp³-hybridized carbons (Fsp3) is 0.375. The van der Waals surface area contributed by atoms with Crippen molar-refractivity contribution in [2.24, 2.45) is 0 Å². The summed E-state index contributed by atoms with van der Waals surface area (Å²) in [5.74, 6) is -0.617. The summed E-state index contributed by atoms with van der Waals surface area (Å²) in [5.41, 5.74) is 0.948. The first-order valence-corrected chi connectivity index (χ1v) is 10.4. The number of hydrogen-bond acceptors (Lipinski definition) is 6. The molecule has 1 unspecified atom stereocenters. The van der Waals surface area contributed by atoms with Crippen LogP contribution in [0.5, 0.6) is 0 Å². The van der Waals surface area contributed by atoms with E-state index in [4.69, 9.17) is 14.2 Å². The topological polar surface area (TPSA) is 103 Å². The van der Waals surface area contributed by atoms with Crippen LogP contribution in [-0.4, -0.2) is 36.3 Å². The number of hydrogen-bond donors (Lipinski definition) is 2. The molecule has 0 aromatic heterocycles. The van der Waals surface area contributed by atoms with Gasteiger partial charge in [-0.1, -0.05) is 60.7 Å². The maximum Gasteiger partial charge on any atom is 0.408 e. The van der Waals surface area contributed by atoms with E-state index in [1.165, 1.54) is 0 Å². The Morgan fingerprint density at radius 3 is 1.81 bits per heavy atom. The van der Waals surface area contributed by atoms with Crippen molar-refractivity contribution in [1.29, 1.82) is 0 Å². The van der Waals surface area contributed by atoms with Crippen molar-refractivity contribution < 1.29 is 28.6 Å². The Morgan fingerprint density at radius 2 is 1.31 bits per heavy atom. The van der Waals surface area contributed by atoms with Crippen molar-refractivity contribution in [2.75, 3.05) is 6.54 Å². The van der Waals surface area contributed by atoms with Gasteiger partial charge in [-0.2, -0.15) is 0 Å². The van der Waals surface area contributed by atoms with Gasteiger partial charge in [-0.05, 0) is 38.3 Å². The Labute approximate surface area is 188 Å². The van der Waals surface area contributed by atoms with Gasteiger partial charge in [0, 0.05) is 6.54 Å². The number of carbonyl (C=O) groups is 3. The quantitative estimate of drug-likeness (QED) is 0.450. The summed E-state index contributed by atoms with van der Waals surface area (Å²) >= 11 is 0. The van der Waals surface area contributed by atoms with Crippen LogP contribution in [0.2, 0.25) is 0 Å². The predicted molar refractivity (Wildman–Crippen MR) is 119 cm³/mol. The first kappa shape index (κ1) is 24.7. The molecular weight excluding hydrogens is 412 g/mol. The second-order valence-corrected chi connectivity index (χ2v) is 8.07. The second kappa shape index (κ2) is 12.3. The lowest BCUT2D eigenvalue weighted by molar-refractivity contribution is -0.157. The molecular formula is C24H30N2O6. The van der Waals surface area contributed by atoms with Crippen LogP contribution in [0, 0.1) is 0 Å². The summed E-state index contributed by atoms with van der Waals surface area (Å²) < 4.78 is 15.7. The molecule has 0 radical (unpaired) electrons. The summed E-state index contributed by atoms with van der Waals surface area (Å²) in [4.78, 5) is 36.6. The third-order valence-electron chi connectivity index (χ3n) is 4.11. The normalized spacial score (nSPS) is 11.7. The van der Waals surface area contributed by atoms with Gasteiger partial charge in [-0.3, -0.25) is 0 Å². The summed E-state index contributed by atoms with van der Waals surface area (Å²) in [7, 11) is 0. The van der Waals surface area contributed by atoms with Gasteiger partial charge >= 0.3 is 18.2 Å². The number of nitrogens with one attached hydrogen (secondary N) is 2. The standard InChI is InChI=1S/C24H30N2O6/c1-24(2,3)32-21(27)20(26-23(29)31-17-19-12-8-5-9-13-19)14-15-25-22(28)30-16-18-10-6-4-7-11-18/h4-13,20H,14-17H2,1-3H3,(H,25,28)(H,26,29). The van der Waals surface area contributed by atoms with E-state index in [1.54, 1.807) is 20.8 Å². The van der Waals surface area contributed by atoms with Gasteiger partial charge in [0.2, 0.25) is 0 Å². The molecule has 172 valence electrons. The molecule has 8 nitrogen and oxygen atoms in total. The van der Waals surface area contributed by atoms with Crippen molar-refractivity contribution in [2.45, 2.75) is 52.0 Å². The lowest BCUT2D eigenvalue weighted by Crippen LogP contribution is -2.46. The van der Waals surface area contributed by atoms with Crippen molar-refractivity contribution in [3.8, 4) is 0 Å². The zero-order valence-corrected chi connectivity index (χ0v) is 18.6. The molecule has 2 aromatic rings. The summed E-state index contributed by atoms with van der Waals surface area (Å²) in [6, 6.07) is 17.5. The lowest BCUT2D eigenvalue weighted by Gasteiger charge is -2.24. The average molecular weight is 443 g/mol. The number of ether oxygens (including phenoxy) is 3. The molecule has 0 spiro atoms. The zero-order valence-electron chi connectivity index (χ0n) is 18.6. The smallest absolute Gasteiger partial charge is 0.408 e. The van der Waals surface area contributed by atoms with Gasteiger partial charge < -0.3 is 24.8 Å². The monoisotopic (exact) mass is 442 g/mol. The molecule has 0 aliphatic heterocycles. The summed E-state index contributed by atoms with van der Waals surface area (Å²) in [5, 5.41) is 5.08. The fourth-order valence-corrected chi connectivity index (χ4v) is 2.62. The number of alkyl carbamates (subject to hydrolysis) is 2. The molecule has 2 aromatic carbocycles. The molecule has 2 N–H and O–H groups in total.